The molecule has 2 N–H and O–H groups in total. The first-order valence-electron chi connectivity index (χ1n) is 12.3. The number of esters is 1. The van der Waals surface area contributed by atoms with Crippen LogP contribution in [0.25, 0.3) is 0 Å². The first kappa shape index (κ1) is 24.6. The molecule has 3 fully saturated rings. The Morgan fingerprint density at radius 2 is 1.85 bits per heavy atom. The minimum atomic E-state index is -1.61. The van der Waals surface area contributed by atoms with Crippen molar-refractivity contribution in [1.82, 2.24) is 0 Å². The number of carbonyl (C=O) groups is 3. The van der Waals surface area contributed by atoms with Crippen molar-refractivity contribution in [2.45, 2.75) is 70.5 Å². The normalized spacial score (nSPS) is 42.6. The van der Waals surface area contributed by atoms with Gasteiger partial charge in [-0.1, -0.05) is 19.4 Å². The van der Waals surface area contributed by atoms with Crippen LogP contribution in [0.4, 0.5) is 0 Å². The van der Waals surface area contributed by atoms with E-state index in [4.69, 9.17) is 4.74 Å². The first-order chi connectivity index (χ1) is 15.2. The van der Waals surface area contributed by atoms with Gasteiger partial charge in [0.15, 0.2) is 18.9 Å². The fourth-order valence-corrected chi connectivity index (χ4v) is 7.85. The van der Waals surface area contributed by atoms with E-state index in [0.29, 0.717) is 30.2 Å². The third kappa shape index (κ3) is 3.90. The predicted octanol–water partition coefficient (Wildman–Crippen LogP) is 2.04. The van der Waals surface area contributed by atoms with Gasteiger partial charge in [-0.05, 0) is 67.8 Å². The predicted molar refractivity (Wildman–Crippen MR) is 122 cm³/mol. The van der Waals surface area contributed by atoms with E-state index in [9.17, 15) is 24.6 Å². The topological polar surface area (TPSA) is 101 Å². The fraction of sp³-hybridized carbons (Fsp3) is 0.808. The summed E-state index contributed by atoms with van der Waals surface area (Å²) in [7, 11) is 5.60. The van der Waals surface area contributed by atoms with Crippen molar-refractivity contribution in [2.24, 2.45) is 28.6 Å². The average Bonchev–Trinajstić information content (AvgIpc) is 2.96. The summed E-state index contributed by atoms with van der Waals surface area (Å²) in [4.78, 5) is 37.4. The maximum atomic E-state index is 13.2. The number of carbonyl (C=O) groups excluding carboxylic acids is 3. The molecule has 0 unspecified atom stereocenters. The molecule has 0 aromatic heterocycles. The zero-order chi connectivity index (χ0) is 24.4. The van der Waals surface area contributed by atoms with Crippen molar-refractivity contribution in [3.8, 4) is 0 Å². The minimum Gasteiger partial charge on any atom is -0.453 e. The molecular weight excluding hydrogens is 422 g/mol. The number of hydrogen-bond acceptors (Lipinski definition) is 6. The average molecular weight is 463 g/mol. The number of quaternary nitrogens is 1. The van der Waals surface area contributed by atoms with Crippen LogP contribution in [0.1, 0.15) is 58.8 Å². The molecule has 0 amide bonds. The number of rotatable bonds is 5. The van der Waals surface area contributed by atoms with Gasteiger partial charge in [0.1, 0.15) is 5.60 Å². The maximum Gasteiger partial charge on any atom is 0.362 e. The monoisotopic (exact) mass is 462 g/mol. The lowest BCUT2D eigenvalue weighted by Gasteiger charge is -2.60. The molecule has 0 bridgehead atoms. The standard InChI is InChI=1S/C26H40NO6/c1-24-10-8-17(28)12-16(24)6-7-18-19-9-11-26(32,25(19,2)13-20(29)23(18)24)21(30)15-33-22(31)14-27(3,4)5/h12,18-20,23,29,32H,6-11,13-15H2,1-5H3/q+1/t18-,19+,20+,23+,24+,25+,26-/m0/s1. The third-order valence-electron chi connectivity index (χ3n) is 9.48. The Balaban J connectivity index is 1.55. The molecule has 0 aliphatic heterocycles. The fourth-order valence-electron chi connectivity index (χ4n) is 7.85. The van der Waals surface area contributed by atoms with Crippen molar-refractivity contribution in [2.75, 3.05) is 34.3 Å². The molecule has 4 aliphatic rings. The Labute approximate surface area is 196 Å². The van der Waals surface area contributed by atoms with Gasteiger partial charge in [-0.2, -0.15) is 0 Å². The molecule has 184 valence electrons. The molecular formula is C26H40NO6+. The summed E-state index contributed by atoms with van der Waals surface area (Å²) < 4.78 is 5.64. The number of fused-ring (bicyclic) bond motifs is 5. The van der Waals surface area contributed by atoms with Gasteiger partial charge in [0.2, 0.25) is 5.78 Å². The number of ether oxygens (including phenoxy) is 1. The molecule has 0 radical (unpaired) electrons. The van der Waals surface area contributed by atoms with Gasteiger partial charge in [0.25, 0.3) is 0 Å². The van der Waals surface area contributed by atoms with Gasteiger partial charge in [-0.15, -0.1) is 0 Å². The van der Waals surface area contributed by atoms with Crippen LogP contribution in [0.15, 0.2) is 11.6 Å². The lowest BCUT2D eigenvalue weighted by molar-refractivity contribution is -0.862. The summed E-state index contributed by atoms with van der Waals surface area (Å²) >= 11 is 0. The molecule has 7 atom stereocenters. The number of hydrogen-bond donors (Lipinski definition) is 2. The van der Waals surface area contributed by atoms with E-state index < -0.39 is 35.5 Å². The second-order valence-electron chi connectivity index (χ2n) is 12.5. The zero-order valence-corrected chi connectivity index (χ0v) is 20.7. The van der Waals surface area contributed by atoms with Gasteiger partial charge in [0, 0.05) is 11.8 Å². The minimum absolute atomic E-state index is 0.0310. The molecule has 7 nitrogen and oxygen atoms in total. The number of Topliss-reactive ketones (excluding diaryl/α,β-unsaturated/α-hetero) is 1. The molecule has 7 heteroatoms. The summed E-state index contributed by atoms with van der Waals surface area (Å²) in [5.41, 5.74) is -1.42. The summed E-state index contributed by atoms with van der Waals surface area (Å²) in [6, 6.07) is 0. The van der Waals surface area contributed by atoms with E-state index in [1.807, 2.05) is 28.1 Å². The van der Waals surface area contributed by atoms with Gasteiger partial charge in [0.05, 0.1) is 27.2 Å². The number of allylic oxidation sites excluding steroid dienone is 1. The van der Waals surface area contributed by atoms with Crippen molar-refractivity contribution in [3.63, 3.8) is 0 Å². The second kappa shape index (κ2) is 7.99. The number of likely N-dealkylation sites (N-methyl/N-ethyl adjacent to an activating group) is 1. The first-order valence-corrected chi connectivity index (χ1v) is 12.3. The van der Waals surface area contributed by atoms with Gasteiger partial charge < -0.3 is 19.4 Å². The number of nitrogens with zero attached hydrogens (tertiary/aromatic N) is 1. The summed E-state index contributed by atoms with van der Waals surface area (Å²) in [6.45, 7) is 3.83. The zero-order valence-electron chi connectivity index (χ0n) is 20.7. The van der Waals surface area contributed by atoms with E-state index in [1.165, 1.54) is 0 Å². The van der Waals surface area contributed by atoms with E-state index >= 15 is 0 Å². The van der Waals surface area contributed by atoms with Crippen LogP contribution in [-0.4, -0.2) is 78.2 Å². The maximum absolute atomic E-state index is 13.2. The van der Waals surface area contributed by atoms with Crippen LogP contribution in [0.2, 0.25) is 0 Å². The molecule has 0 aromatic carbocycles. The molecule has 0 heterocycles. The Bertz CT molecular complexity index is 890. The Morgan fingerprint density at radius 3 is 2.52 bits per heavy atom. The van der Waals surface area contributed by atoms with Crippen LogP contribution in [0.5, 0.6) is 0 Å². The Morgan fingerprint density at radius 1 is 1.15 bits per heavy atom. The van der Waals surface area contributed by atoms with E-state index in [0.717, 1.165) is 24.8 Å². The molecule has 0 spiro atoms. The van der Waals surface area contributed by atoms with Crippen LogP contribution < -0.4 is 0 Å². The molecule has 4 rings (SSSR count). The molecule has 0 aromatic rings. The highest BCUT2D eigenvalue weighted by molar-refractivity contribution is 5.92. The van der Waals surface area contributed by atoms with E-state index in [1.54, 1.807) is 6.08 Å². The highest BCUT2D eigenvalue weighted by Gasteiger charge is 2.68. The number of aliphatic hydroxyl groups is 2. The highest BCUT2D eigenvalue weighted by atomic mass is 16.5. The van der Waals surface area contributed by atoms with Gasteiger partial charge in [-0.25, -0.2) is 4.79 Å². The molecule has 0 saturated heterocycles. The van der Waals surface area contributed by atoms with E-state index in [-0.39, 0.29) is 35.5 Å². The van der Waals surface area contributed by atoms with Crippen molar-refractivity contribution < 1.29 is 33.8 Å². The quantitative estimate of drug-likeness (QED) is 0.479. The summed E-state index contributed by atoms with van der Waals surface area (Å²) in [5, 5.41) is 23.1. The SMILES string of the molecule is C[C@@]12CCC(=O)C=C1CC[C@@H]1[C@@H]2[C@H](O)C[C@]2(C)[C@@H]1CC[C@]2(O)C(=O)COC(=O)C[N+](C)(C)C. The summed E-state index contributed by atoms with van der Waals surface area (Å²) in [5.74, 6) is -0.414. The Kier molecular flexibility index (Phi) is 5.95. The Hall–Kier alpha value is -1.57. The smallest absolute Gasteiger partial charge is 0.362 e. The lowest BCUT2D eigenvalue weighted by Crippen LogP contribution is -2.62. The van der Waals surface area contributed by atoms with Crippen LogP contribution >= 0.6 is 0 Å². The largest absolute Gasteiger partial charge is 0.453 e. The van der Waals surface area contributed by atoms with E-state index in [2.05, 4.69) is 6.92 Å². The number of aliphatic hydroxyl groups excluding tert-OH is 1. The second-order valence-corrected chi connectivity index (χ2v) is 12.5. The van der Waals surface area contributed by atoms with Gasteiger partial charge >= 0.3 is 5.97 Å². The van der Waals surface area contributed by atoms with Crippen molar-refractivity contribution in [3.05, 3.63) is 11.6 Å². The van der Waals surface area contributed by atoms with Crippen LogP contribution in [0, 0.1) is 28.6 Å². The van der Waals surface area contributed by atoms with Gasteiger partial charge in [-0.3, -0.25) is 9.59 Å². The number of ketones is 2. The molecule has 4 aliphatic carbocycles. The highest BCUT2D eigenvalue weighted by Crippen LogP contribution is 2.67. The summed E-state index contributed by atoms with van der Waals surface area (Å²) in [6.07, 6.45) is 5.49. The third-order valence-corrected chi connectivity index (χ3v) is 9.48. The molecule has 33 heavy (non-hydrogen) atoms. The lowest BCUT2D eigenvalue weighted by atomic mass is 9.45. The molecule has 3 saturated carbocycles. The van der Waals surface area contributed by atoms with Crippen LogP contribution in [-0.2, 0) is 19.1 Å². The van der Waals surface area contributed by atoms with Crippen molar-refractivity contribution >= 4 is 17.5 Å². The van der Waals surface area contributed by atoms with Crippen LogP contribution in [0.3, 0.4) is 0 Å². The van der Waals surface area contributed by atoms with Crippen molar-refractivity contribution in [1.29, 1.82) is 0 Å².